The molecule has 0 radical (unpaired) electrons. The van der Waals surface area contributed by atoms with E-state index in [1.807, 2.05) is 42.6 Å². The average Bonchev–Trinajstić information content (AvgIpc) is 3.12. The molecule has 158 valence electrons. The SMILES string of the molecule is CC(=O)c1cn(CCCCN2CCC(O)(Cc3ccccc3)CC2)c2ccccc12. The zero-order valence-electron chi connectivity index (χ0n) is 17.9. The number of piperidine rings is 1. The highest BCUT2D eigenvalue weighted by Gasteiger charge is 2.32. The van der Waals surface area contributed by atoms with Crippen LogP contribution in [0.3, 0.4) is 0 Å². The van der Waals surface area contributed by atoms with E-state index in [4.69, 9.17) is 0 Å². The Kier molecular flexibility index (Phi) is 6.35. The lowest BCUT2D eigenvalue weighted by atomic mass is 9.85. The van der Waals surface area contributed by atoms with Crippen LogP contribution in [0.1, 0.15) is 48.5 Å². The number of aliphatic hydroxyl groups is 1. The summed E-state index contributed by atoms with van der Waals surface area (Å²) in [5, 5.41) is 12.0. The van der Waals surface area contributed by atoms with Crippen molar-refractivity contribution in [1.82, 2.24) is 9.47 Å². The number of fused-ring (bicyclic) bond motifs is 1. The summed E-state index contributed by atoms with van der Waals surface area (Å²) in [4.78, 5) is 14.4. The zero-order valence-corrected chi connectivity index (χ0v) is 17.9. The molecule has 0 aliphatic carbocycles. The third-order valence-corrected chi connectivity index (χ3v) is 6.45. The molecule has 0 spiro atoms. The molecule has 2 aromatic carbocycles. The highest BCUT2D eigenvalue weighted by Crippen LogP contribution is 2.27. The Morgan fingerprint density at radius 1 is 0.967 bits per heavy atom. The monoisotopic (exact) mass is 404 g/mol. The molecular weight excluding hydrogens is 372 g/mol. The molecule has 1 saturated heterocycles. The minimum atomic E-state index is -0.564. The van der Waals surface area contributed by atoms with E-state index in [2.05, 4.69) is 27.7 Å². The van der Waals surface area contributed by atoms with E-state index in [-0.39, 0.29) is 5.78 Å². The zero-order chi connectivity index (χ0) is 21.0. The number of nitrogens with zero attached hydrogens (tertiary/aromatic N) is 2. The molecule has 1 aromatic heterocycles. The quantitative estimate of drug-likeness (QED) is 0.437. The topological polar surface area (TPSA) is 45.5 Å². The van der Waals surface area contributed by atoms with Crippen LogP contribution in [0.4, 0.5) is 0 Å². The van der Waals surface area contributed by atoms with Gasteiger partial charge in [-0.15, -0.1) is 0 Å². The van der Waals surface area contributed by atoms with Crippen molar-refractivity contribution in [3.8, 4) is 0 Å². The maximum atomic E-state index is 11.9. The van der Waals surface area contributed by atoms with E-state index in [1.165, 1.54) is 5.56 Å². The average molecular weight is 405 g/mol. The lowest BCUT2D eigenvalue weighted by molar-refractivity contribution is -0.0208. The van der Waals surface area contributed by atoms with Crippen LogP contribution in [-0.4, -0.2) is 45.6 Å². The molecule has 30 heavy (non-hydrogen) atoms. The molecule has 0 atom stereocenters. The highest BCUT2D eigenvalue weighted by atomic mass is 16.3. The molecule has 1 fully saturated rings. The number of hydrogen-bond donors (Lipinski definition) is 1. The fourth-order valence-corrected chi connectivity index (χ4v) is 4.68. The molecule has 4 nitrogen and oxygen atoms in total. The Bertz CT molecular complexity index is 985. The predicted molar refractivity (Wildman–Crippen MR) is 122 cm³/mol. The number of carbonyl (C=O) groups is 1. The summed E-state index contributed by atoms with van der Waals surface area (Å²) in [6.45, 7) is 5.57. The molecule has 0 amide bonds. The summed E-state index contributed by atoms with van der Waals surface area (Å²) in [7, 11) is 0. The minimum Gasteiger partial charge on any atom is -0.389 e. The lowest BCUT2D eigenvalue weighted by Gasteiger charge is -2.38. The number of ketones is 1. The van der Waals surface area contributed by atoms with Crippen molar-refractivity contribution in [2.75, 3.05) is 19.6 Å². The number of benzene rings is 2. The van der Waals surface area contributed by atoms with Crippen molar-refractivity contribution in [3.63, 3.8) is 0 Å². The Balaban J connectivity index is 1.24. The molecular formula is C26H32N2O2. The van der Waals surface area contributed by atoms with Gasteiger partial charge in [-0.2, -0.15) is 0 Å². The molecule has 1 aliphatic heterocycles. The van der Waals surface area contributed by atoms with Gasteiger partial charge >= 0.3 is 0 Å². The van der Waals surface area contributed by atoms with Gasteiger partial charge in [-0.3, -0.25) is 4.79 Å². The number of rotatable bonds is 8. The number of aromatic nitrogens is 1. The first-order valence-electron chi connectivity index (χ1n) is 11.1. The molecule has 1 N–H and O–H groups in total. The van der Waals surface area contributed by atoms with Crippen molar-refractivity contribution < 1.29 is 9.90 Å². The van der Waals surface area contributed by atoms with Crippen LogP contribution in [0.5, 0.6) is 0 Å². The fraction of sp³-hybridized carbons (Fsp3) is 0.423. The maximum absolute atomic E-state index is 11.9. The number of Topliss-reactive ketones (excluding diaryl/α,β-unsaturated/α-hetero) is 1. The summed E-state index contributed by atoms with van der Waals surface area (Å²) in [5.74, 6) is 0.126. The molecule has 0 saturated carbocycles. The number of carbonyl (C=O) groups excluding carboxylic acids is 1. The van der Waals surface area contributed by atoms with Gasteiger partial charge in [-0.1, -0.05) is 48.5 Å². The molecule has 4 rings (SSSR count). The number of para-hydroxylation sites is 1. The Hall–Kier alpha value is -2.43. The summed E-state index contributed by atoms with van der Waals surface area (Å²) in [6, 6.07) is 18.5. The first kappa shape index (κ1) is 20.8. The van der Waals surface area contributed by atoms with Gasteiger partial charge in [0.2, 0.25) is 0 Å². The largest absolute Gasteiger partial charge is 0.389 e. The van der Waals surface area contributed by atoms with E-state index >= 15 is 0 Å². The van der Waals surface area contributed by atoms with Crippen molar-refractivity contribution in [1.29, 1.82) is 0 Å². The van der Waals surface area contributed by atoms with Gasteiger partial charge in [-0.25, -0.2) is 0 Å². The first-order valence-corrected chi connectivity index (χ1v) is 11.1. The van der Waals surface area contributed by atoms with Crippen LogP contribution in [0.25, 0.3) is 10.9 Å². The van der Waals surface area contributed by atoms with Gasteiger partial charge in [0, 0.05) is 48.7 Å². The van der Waals surface area contributed by atoms with Crippen LogP contribution < -0.4 is 0 Å². The van der Waals surface area contributed by atoms with Crippen molar-refractivity contribution in [3.05, 3.63) is 71.9 Å². The molecule has 4 heteroatoms. The summed E-state index contributed by atoms with van der Waals surface area (Å²) in [5.41, 5.74) is 2.62. The molecule has 0 unspecified atom stereocenters. The van der Waals surface area contributed by atoms with Gasteiger partial charge in [0.05, 0.1) is 5.60 Å². The van der Waals surface area contributed by atoms with Crippen molar-refractivity contribution >= 4 is 16.7 Å². The van der Waals surface area contributed by atoms with Crippen molar-refractivity contribution in [2.45, 2.75) is 51.2 Å². The van der Waals surface area contributed by atoms with Crippen LogP contribution in [-0.2, 0) is 13.0 Å². The Labute approximate surface area is 179 Å². The standard InChI is InChI=1S/C26H32N2O2/c1-21(29)24-20-28(25-12-6-5-11-23(24)25)16-8-7-15-27-17-13-26(30,14-18-27)19-22-9-3-2-4-10-22/h2-6,9-12,20,30H,7-8,13-19H2,1H3. The van der Waals surface area contributed by atoms with E-state index in [0.29, 0.717) is 0 Å². The Morgan fingerprint density at radius 3 is 2.37 bits per heavy atom. The van der Waals surface area contributed by atoms with Gasteiger partial charge in [-0.05, 0) is 50.8 Å². The van der Waals surface area contributed by atoms with Crippen molar-refractivity contribution in [2.24, 2.45) is 0 Å². The normalized spacial score (nSPS) is 16.7. The van der Waals surface area contributed by atoms with Crippen LogP contribution in [0.2, 0.25) is 0 Å². The second-order valence-electron chi connectivity index (χ2n) is 8.74. The second-order valence-corrected chi connectivity index (χ2v) is 8.74. The number of hydrogen-bond acceptors (Lipinski definition) is 3. The molecule has 2 heterocycles. The smallest absolute Gasteiger partial charge is 0.161 e. The lowest BCUT2D eigenvalue weighted by Crippen LogP contribution is -2.45. The van der Waals surface area contributed by atoms with Crippen LogP contribution >= 0.6 is 0 Å². The van der Waals surface area contributed by atoms with Gasteiger partial charge < -0.3 is 14.6 Å². The summed E-state index contributed by atoms with van der Waals surface area (Å²) >= 11 is 0. The predicted octanol–water partition coefficient (Wildman–Crippen LogP) is 4.69. The van der Waals surface area contributed by atoms with Gasteiger partial charge in [0.25, 0.3) is 0 Å². The van der Waals surface area contributed by atoms with Crippen LogP contribution in [0.15, 0.2) is 60.8 Å². The van der Waals surface area contributed by atoms with Crippen LogP contribution in [0, 0.1) is 0 Å². The number of aryl methyl sites for hydroxylation is 1. The van der Waals surface area contributed by atoms with E-state index in [0.717, 1.165) is 74.7 Å². The summed E-state index contributed by atoms with van der Waals surface area (Å²) < 4.78 is 2.22. The molecule has 1 aliphatic rings. The van der Waals surface area contributed by atoms with E-state index < -0.39 is 5.60 Å². The second kappa shape index (κ2) is 9.15. The minimum absolute atomic E-state index is 0.126. The third kappa shape index (κ3) is 4.82. The maximum Gasteiger partial charge on any atom is 0.161 e. The van der Waals surface area contributed by atoms with Gasteiger partial charge in [0.1, 0.15) is 0 Å². The van der Waals surface area contributed by atoms with Gasteiger partial charge in [0.15, 0.2) is 5.78 Å². The summed E-state index contributed by atoms with van der Waals surface area (Å²) in [6.07, 6.45) is 6.65. The molecule has 0 bridgehead atoms. The first-order chi connectivity index (χ1) is 14.5. The Morgan fingerprint density at radius 2 is 1.63 bits per heavy atom. The highest BCUT2D eigenvalue weighted by molar-refractivity contribution is 6.06. The number of likely N-dealkylation sites (tertiary alicyclic amines) is 1. The van der Waals surface area contributed by atoms with E-state index in [1.54, 1.807) is 6.92 Å². The fourth-order valence-electron chi connectivity index (χ4n) is 4.68. The van der Waals surface area contributed by atoms with E-state index in [9.17, 15) is 9.90 Å². The molecule has 3 aromatic rings. The third-order valence-electron chi connectivity index (χ3n) is 6.45. The number of unbranched alkanes of at least 4 members (excludes halogenated alkanes) is 1.